The fraction of sp³-hybridized carbons (Fsp3) is 0.333. The molecule has 0 aromatic heterocycles. The number of amides is 1. The van der Waals surface area contributed by atoms with Gasteiger partial charge in [-0.1, -0.05) is 12.1 Å². The number of methoxy groups -OCH3 is 1. The Morgan fingerprint density at radius 2 is 2.00 bits per heavy atom. The Balaban J connectivity index is 2.37. The Bertz CT molecular complexity index is 417. The van der Waals surface area contributed by atoms with E-state index in [-0.39, 0.29) is 0 Å². The molecule has 1 rings (SSSR count). The molecule has 0 aliphatic rings. The maximum Gasteiger partial charge on any atom is 0.330 e. The van der Waals surface area contributed by atoms with Crippen LogP contribution in [0.15, 0.2) is 24.3 Å². The molecular formula is C12H16N2O4. The maximum atomic E-state index is 11.2. The third-order valence-electron chi connectivity index (χ3n) is 2.42. The highest BCUT2D eigenvalue weighted by atomic mass is 16.5. The standard InChI is InChI=1S/C12H16N2O4/c1-18-9-4-2-8(3-5-9)6-7-14-11(15)10(13)12(16)17/h2-5,10H,6-7,13H2,1H3,(H,14,15)(H,16,17). The van der Waals surface area contributed by atoms with Crippen molar-refractivity contribution < 1.29 is 19.4 Å². The highest BCUT2D eigenvalue weighted by Crippen LogP contribution is 2.11. The van der Waals surface area contributed by atoms with Crippen molar-refractivity contribution in [1.29, 1.82) is 0 Å². The van der Waals surface area contributed by atoms with Gasteiger partial charge in [0.25, 0.3) is 0 Å². The molecule has 1 atom stereocenters. The molecule has 98 valence electrons. The topological polar surface area (TPSA) is 102 Å². The van der Waals surface area contributed by atoms with Crippen molar-refractivity contribution in [3.8, 4) is 5.75 Å². The fourth-order valence-corrected chi connectivity index (χ4v) is 1.34. The molecule has 0 fully saturated rings. The third-order valence-corrected chi connectivity index (χ3v) is 2.42. The number of carboxylic acids is 1. The van der Waals surface area contributed by atoms with E-state index in [1.54, 1.807) is 7.11 Å². The Morgan fingerprint density at radius 3 is 2.50 bits per heavy atom. The summed E-state index contributed by atoms with van der Waals surface area (Å²) in [4.78, 5) is 21.7. The Hall–Kier alpha value is -2.08. The first kappa shape index (κ1) is 14.0. The SMILES string of the molecule is COc1ccc(CCNC(=O)C(N)C(=O)O)cc1. The largest absolute Gasteiger partial charge is 0.497 e. The number of carbonyl (C=O) groups is 2. The minimum Gasteiger partial charge on any atom is -0.497 e. The van der Waals surface area contributed by atoms with Crippen LogP contribution in [0.4, 0.5) is 0 Å². The zero-order valence-electron chi connectivity index (χ0n) is 10.1. The van der Waals surface area contributed by atoms with Gasteiger partial charge in [0, 0.05) is 6.54 Å². The van der Waals surface area contributed by atoms with E-state index in [2.05, 4.69) is 5.32 Å². The van der Waals surface area contributed by atoms with E-state index < -0.39 is 17.9 Å². The lowest BCUT2D eigenvalue weighted by molar-refractivity contribution is -0.142. The first-order valence-electron chi connectivity index (χ1n) is 5.43. The minimum atomic E-state index is -1.51. The summed E-state index contributed by atoms with van der Waals surface area (Å²) >= 11 is 0. The van der Waals surface area contributed by atoms with E-state index in [1.165, 1.54) is 0 Å². The van der Waals surface area contributed by atoms with Crippen LogP contribution in [-0.4, -0.2) is 36.7 Å². The lowest BCUT2D eigenvalue weighted by Gasteiger charge is -2.08. The molecule has 1 amide bonds. The Kier molecular flexibility index (Phi) is 5.13. The van der Waals surface area contributed by atoms with E-state index >= 15 is 0 Å². The van der Waals surface area contributed by atoms with Gasteiger partial charge in [-0.05, 0) is 24.1 Å². The number of ether oxygens (including phenoxy) is 1. The van der Waals surface area contributed by atoms with Gasteiger partial charge in [-0.15, -0.1) is 0 Å². The molecule has 0 aliphatic carbocycles. The summed E-state index contributed by atoms with van der Waals surface area (Å²) in [5, 5.41) is 11.0. The van der Waals surface area contributed by atoms with Crippen molar-refractivity contribution in [2.24, 2.45) is 5.73 Å². The molecule has 0 heterocycles. The molecule has 1 unspecified atom stereocenters. The van der Waals surface area contributed by atoms with Crippen molar-refractivity contribution in [2.75, 3.05) is 13.7 Å². The Labute approximate surface area is 105 Å². The molecule has 4 N–H and O–H groups in total. The molecule has 0 spiro atoms. The molecule has 6 heteroatoms. The minimum absolute atomic E-state index is 0.339. The summed E-state index contributed by atoms with van der Waals surface area (Å²) < 4.78 is 5.02. The van der Waals surface area contributed by atoms with E-state index in [0.29, 0.717) is 13.0 Å². The van der Waals surface area contributed by atoms with Crippen LogP contribution in [0.1, 0.15) is 5.56 Å². The number of rotatable bonds is 6. The highest BCUT2D eigenvalue weighted by molar-refractivity contribution is 6.00. The van der Waals surface area contributed by atoms with Gasteiger partial charge in [0.1, 0.15) is 5.75 Å². The number of nitrogens with two attached hydrogens (primary N) is 1. The van der Waals surface area contributed by atoms with E-state index in [4.69, 9.17) is 15.6 Å². The normalized spacial score (nSPS) is 11.7. The number of aliphatic carboxylic acids is 1. The van der Waals surface area contributed by atoms with Gasteiger partial charge in [0.05, 0.1) is 7.11 Å². The molecule has 0 bridgehead atoms. The zero-order chi connectivity index (χ0) is 13.5. The average molecular weight is 252 g/mol. The number of carbonyl (C=O) groups excluding carboxylic acids is 1. The predicted molar refractivity (Wildman–Crippen MR) is 65.3 cm³/mol. The molecule has 1 aromatic rings. The molecule has 1 aromatic carbocycles. The highest BCUT2D eigenvalue weighted by Gasteiger charge is 2.20. The number of hydrogen-bond acceptors (Lipinski definition) is 4. The fourth-order valence-electron chi connectivity index (χ4n) is 1.34. The third kappa shape index (κ3) is 4.06. The van der Waals surface area contributed by atoms with Gasteiger partial charge in [-0.2, -0.15) is 0 Å². The maximum absolute atomic E-state index is 11.2. The first-order chi connectivity index (χ1) is 8.54. The van der Waals surface area contributed by atoms with Crippen LogP contribution < -0.4 is 15.8 Å². The van der Waals surface area contributed by atoms with Crippen LogP contribution in [0.3, 0.4) is 0 Å². The summed E-state index contributed by atoms with van der Waals surface area (Å²) in [7, 11) is 1.59. The lowest BCUT2D eigenvalue weighted by atomic mass is 10.1. The second-order valence-corrected chi connectivity index (χ2v) is 3.71. The van der Waals surface area contributed by atoms with Gasteiger partial charge in [-0.25, -0.2) is 4.79 Å². The monoisotopic (exact) mass is 252 g/mol. The van der Waals surface area contributed by atoms with E-state index in [1.807, 2.05) is 24.3 Å². The Morgan fingerprint density at radius 1 is 1.39 bits per heavy atom. The molecule has 0 saturated heterocycles. The lowest BCUT2D eigenvalue weighted by Crippen LogP contribution is -2.46. The van der Waals surface area contributed by atoms with Gasteiger partial charge >= 0.3 is 5.97 Å². The molecule has 18 heavy (non-hydrogen) atoms. The quantitative estimate of drug-likeness (QED) is 0.607. The van der Waals surface area contributed by atoms with Crippen LogP contribution in [-0.2, 0) is 16.0 Å². The van der Waals surface area contributed by atoms with Gasteiger partial charge in [0.2, 0.25) is 5.91 Å². The predicted octanol–water partition coefficient (Wildman–Crippen LogP) is -0.234. The van der Waals surface area contributed by atoms with Crippen LogP contribution >= 0.6 is 0 Å². The van der Waals surface area contributed by atoms with Crippen molar-refractivity contribution in [3.05, 3.63) is 29.8 Å². The molecule has 0 radical (unpaired) electrons. The zero-order valence-corrected chi connectivity index (χ0v) is 10.1. The van der Waals surface area contributed by atoms with E-state index in [0.717, 1.165) is 11.3 Å². The summed E-state index contributed by atoms with van der Waals surface area (Å²) in [6.45, 7) is 0.339. The summed E-state index contributed by atoms with van der Waals surface area (Å²) in [5.74, 6) is -1.26. The van der Waals surface area contributed by atoms with Crippen LogP contribution in [0.2, 0.25) is 0 Å². The van der Waals surface area contributed by atoms with Crippen molar-refractivity contribution >= 4 is 11.9 Å². The summed E-state index contributed by atoms with van der Waals surface area (Å²) in [5.41, 5.74) is 6.16. The second-order valence-electron chi connectivity index (χ2n) is 3.71. The smallest absolute Gasteiger partial charge is 0.330 e. The first-order valence-corrected chi connectivity index (χ1v) is 5.43. The number of carboxylic acid groups (broad SMARTS) is 1. The molecule has 0 aliphatic heterocycles. The molecular weight excluding hydrogens is 236 g/mol. The number of nitrogens with one attached hydrogen (secondary N) is 1. The van der Waals surface area contributed by atoms with E-state index in [9.17, 15) is 9.59 Å². The number of benzene rings is 1. The van der Waals surface area contributed by atoms with Crippen LogP contribution in [0, 0.1) is 0 Å². The van der Waals surface area contributed by atoms with Crippen LogP contribution in [0.5, 0.6) is 5.75 Å². The molecule has 0 saturated carbocycles. The van der Waals surface area contributed by atoms with Gasteiger partial charge in [0.15, 0.2) is 6.04 Å². The van der Waals surface area contributed by atoms with Crippen LogP contribution in [0.25, 0.3) is 0 Å². The van der Waals surface area contributed by atoms with Gasteiger partial charge in [-0.3, -0.25) is 4.79 Å². The number of hydrogen-bond donors (Lipinski definition) is 3. The van der Waals surface area contributed by atoms with Crippen molar-refractivity contribution in [2.45, 2.75) is 12.5 Å². The average Bonchev–Trinajstić information content (AvgIpc) is 2.38. The van der Waals surface area contributed by atoms with Crippen molar-refractivity contribution in [3.63, 3.8) is 0 Å². The molecule has 6 nitrogen and oxygen atoms in total. The second kappa shape index (κ2) is 6.61. The summed E-state index contributed by atoms with van der Waals surface area (Å²) in [6, 6.07) is 5.88. The summed E-state index contributed by atoms with van der Waals surface area (Å²) in [6.07, 6.45) is 0.599. The van der Waals surface area contributed by atoms with Gasteiger partial charge < -0.3 is 20.9 Å². The van der Waals surface area contributed by atoms with Crippen molar-refractivity contribution in [1.82, 2.24) is 5.32 Å².